The monoisotopic (exact) mass is 426 g/mol. The summed E-state index contributed by atoms with van der Waals surface area (Å²) in [7, 11) is 0. The van der Waals surface area contributed by atoms with E-state index in [0.29, 0.717) is 25.5 Å². The number of nitrogens with two attached hydrogens (primary N) is 1. The molecule has 0 fully saturated rings. The van der Waals surface area contributed by atoms with Crippen LogP contribution in [0.3, 0.4) is 0 Å². The summed E-state index contributed by atoms with van der Waals surface area (Å²) in [6.07, 6.45) is 2.04. The molecule has 0 radical (unpaired) electrons. The topological polar surface area (TPSA) is 108 Å². The van der Waals surface area contributed by atoms with Crippen molar-refractivity contribution in [2.45, 2.75) is 37.5 Å². The molecule has 0 amide bonds. The maximum absolute atomic E-state index is 12.0. The van der Waals surface area contributed by atoms with Gasteiger partial charge in [0.2, 0.25) is 0 Å². The highest BCUT2D eigenvalue weighted by Gasteiger charge is 2.22. The minimum Gasteiger partial charge on any atom is -0.465 e. The number of tetrazole rings is 1. The van der Waals surface area contributed by atoms with Gasteiger partial charge in [0.05, 0.1) is 12.6 Å². The number of carbonyl (C=O) groups excluding carboxylic acids is 1. The first kappa shape index (κ1) is 21.9. The first-order chi connectivity index (χ1) is 14.6. The SMILES string of the molecule is CCOC(=O)Cn1nnnc1C(NCc1cccc(CN)c1)c1ccc(SC)cc1. The number of esters is 1. The molecule has 1 unspecified atom stereocenters. The van der Waals surface area contributed by atoms with Crippen molar-refractivity contribution in [3.05, 3.63) is 71.0 Å². The fraction of sp³-hybridized carbons (Fsp3) is 0.333. The number of carbonyl (C=O) groups is 1. The number of hydrogen-bond acceptors (Lipinski definition) is 8. The van der Waals surface area contributed by atoms with E-state index in [1.807, 2.05) is 36.6 Å². The molecule has 1 atom stereocenters. The normalized spacial score (nSPS) is 12.0. The molecule has 2 aromatic carbocycles. The average molecular weight is 427 g/mol. The number of hydrogen-bond donors (Lipinski definition) is 2. The van der Waals surface area contributed by atoms with Crippen LogP contribution in [0.1, 0.15) is 35.5 Å². The van der Waals surface area contributed by atoms with Crippen LogP contribution in [-0.2, 0) is 29.2 Å². The summed E-state index contributed by atoms with van der Waals surface area (Å²) in [5.74, 6) is 0.174. The quantitative estimate of drug-likeness (QED) is 0.376. The zero-order chi connectivity index (χ0) is 21.3. The van der Waals surface area contributed by atoms with Gasteiger partial charge in [-0.25, -0.2) is 4.68 Å². The molecule has 0 saturated carbocycles. The van der Waals surface area contributed by atoms with Gasteiger partial charge in [-0.3, -0.25) is 10.1 Å². The Morgan fingerprint density at radius 1 is 1.23 bits per heavy atom. The van der Waals surface area contributed by atoms with Crippen LogP contribution in [0.15, 0.2) is 53.4 Å². The van der Waals surface area contributed by atoms with Crippen molar-refractivity contribution in [1.29, 1.82) is 0 Å². The van der Waals surface area contributed by atoms with Crippen molar-refractivity contribution in [3.63, 3.8) is 0 Å². The van der Waals surface area contributed by atoms with Gasteiger partial charge < -0.3 is 10.5 Å². The minimum absolute atomic E-state index is 0.0418. The van der Waals surface area contributed by atoms with Crippen LogP contribution in [0, 0.1) is 0 Å². The van der Waals surface area contributed by atoms with E-state index in [1.54, 1.807) is 18.7 Å². The van der Waals surface area contributed by atoms with E-state index in [0.717, 1.165) is 16.7 Å². The van der Waals surface area contributed by atoms with E-state index in [1.165, 1.54) is 9.58 Å². The lowest BCUT2D eigenvalue weighted by molar-refractivity contribution is -0.144. The lowest BCUT2D eigenvalue weighted by Gasteiger charge is -2.19. The Balaban J connectivity index is 1.88. The zero-order valence-corrected chi connectivity index (χ0v) is 17.9. The van der Waals surface area contributed by atoms with Crippen molar-refractivity contribution < 1.29 is 9.53 Å². The molecule has 8 nitrogen and oxygen atoms in total. The Morgan fingerprint density at radius 3 is 2.70 bits per heavy atom. The predicted molar refractivity (Wildman–Crippen MR) is 116 cm³/mol. The molecule has 1 aromatic heterocycles. The number of nitrogens with one attached hydrogen (secondary N) is 1. The van der Waals surface area contributed by atoms with Gasteiger partial charge in [0.1, 0.15) is 6.54 Å². The summed E-state index contributed by atoms with van der Waals surface area (Å²) >= 11 is 1.68. The highest BCUT2D eigenvalue weighted by molar-refractivity contribution is 7.98. The molecule has 0 aliphatic heterocycles. The molecule has 1 heterocycles. The number of aromatic nitrogens is 4. The molecule has 30 heavy (non-hydrogen) atoms. The molecule has 0 spiro atoms. The molecule has 3 rings (SSSR count). The molecule has 158 valence electrons. The van der Waals surface area contributed by atoms with E-state index in [9.17, 15) is 4.79 Å². The second-order valence-electron chi connectivity index (χ2n) is 6.61. The molecule has 0 aliphatic carbocycles. The van der Waals surface area contributed by atoms with Gasteiger partial charge in [-0.1, -0.05) is 36.4 Å². The van der Waals surface area contributed by atoms with Gasteiger partial charge in [0.15, 0.2) is 5.82 Å². The van der Waals surface area contributed by atoms with Crippen molar-refractivity contribution >= 4 is 17.7 Å². The number of thioether (sulfide) groups is 1. The summed E-state index contributed by atoms with van der Waals surface area (Å²) in [4.78, 5) is 13.1. The van der Waals surface area contributed by atoms with Crippen LogP contribution in [-0.4, -0.2) is 39.0 Å². The molecular weight excluding hydrogens is 400 g/mol. The molecule has 9 heteroatoms. The van der Waals surface area contributed by atoms with Crippen molar-refractivity contribution in [1.82, 2.24) is 25.5 Å². The number of benzene rings is 2. The third kappa shape index (κ3) is 5.65. The van der Waals surface area contributed by atoms with Crippen molar-refractivity contribution in [2.24, 2.45) is 5.73 Å². The molecule has 0 bridgehead atoms. The van der Waals surface area contributed by atoms with Crippen LogP contribution in [0.25, 0.3) is 0 Å². The van der Waals surface area contributed by atoms with Crippen LogP contribution in [0.2, 0.25) is 0 Å². The van der Waals surface area contributed by atoms with Crippen molar-refractivity contribution in [3.8, 4) is 0 Å². The zero-order valence-electron chi connectivity index (χ0n) is 17.1. The Hall–Kier alpha value is -2.75. The lowest BCUT2D eigenvalue weighted by atomic mass is 10.0. The third-order valence-corrected chi connectivity index (χ3v) is 5.33. The summed E-state index contributed by atoms with van der Waals surface area (Å²) in [5, 5.41) is 15.5. The van der Waals surface area contributed by atoms with Crippen LogP contribution in [0.5, 0.6) is 0 Å². The Morgan fingerprint density at radius 2 is 2.00 bits per heavy atom. The van der Waals surface area contributed by atoms with E-state index >= 15 is 0 Å². The van der Waals surface area contributed by atoms with Crippen molar-refractivity contribution in [2.75, 3.05) is 12.9 Å². The van der Waals surface area contributed by atoms with Gasteiger partial charge >= 0.3 is 5.97 Å². The van der Waals surface area contributed by atoms with Crippen LogP contribution >= 0.6 is 11.8 Å². The van der Waals surface area contributed by atoms with E-state index < -0.39 is 0 Å². The lowest BCUT2D eigenvalue weighted by Crippen LogP contribution is -2.27. The number of ether oxygens (including phenoxy) is 1. The largest absolute Gasteiger partial charge is 0.465 e. The minimum atomic E-state index is -0.377. The second-order valence-corrected chi connectivity index (χ2v) is 7.49. The summed E-state index contributed by atoms with van der Waals surface area (Å²) in [6.45, 7) is 3.12. The molecular formula is C21H26N6O2S. The van der Waals surface area contributed by atoms with E-state index in [-0.39, 0.29) is 18.6 Å². The fourth-order valence-electron chi connectivity index (χ4n) is 3.10. The predicted octanol–water partition coefficient (Wildman–Crippen LogP) is 2.30. The fourth-order valence-corrected chi connectivity index (χ4v) is 3.51. The first-order valence-corrected chi connectivity index (χ1v) is 10.9. The number of nitrogens with zero attached hydrogens (tertiary/aromatic N) is 4. The smallest absolute Gasteiger partial charge is 0.327 e. The standard InChI is InChI=1S/C21H26N6O2S/c1-3-29-19(28)14-27-21(24-25-26-27)20(17-7-9-18(30-2)10-8-17)23-13-16-6-4-5-15(11-16)12-22/h4-11,20,23H,3,12-14,22H2,1-2H3. The molecule has 0 aliphatic rings. The van der Waals surface area contributed by atoms with E-state index in [4.69, 9.17) is 10.5 Å². The van der Waals surface area contributed by atoms with E-state index in [2.05, 4.69) is 39.0 Å². The van der Waals surface area contributed by atoms with Crippen LogP contribution in [0.4, 0.5) is 0 Å². The van der Waals surface area contributed by atoms with Gasteiger partial charge in [-0.15, -0.1) is 16.9 Å². The van der Waals surface area contributed by atoms with Gasteiger partial charge in [0.25, 0.3) is 0 Å². The van der Waals surface area contributed by atoms with Gasteiger partial charge in [0, 0.05) is 18.0 Å². The second kappa shape index (κ2) is 10.9. The summed E-state index contributed by atoms with van der Waals surface area (Å²) in [5.41, 5.74) is 8.94. The van der Waals surface area contributed by atoms with Crippen LogP contribution < -0.4 is 11.1 Å². The summed E-state index contributed by atoms with van der Waals surface area (Å²) < 4.78 is 6.53. The highest BCUT2D eigenvalue weighted by Crippen LogP contribution is 2.24. The molecule has 3 N–H and O–H groups in total. The maximum atomic E-state index is 12.0. The van der Waals surface area contributed by atoms with Gasteiger partial charge in [-0.2, -0.15) is 0 Å². The number of rotatable bonds is 10. The molecule has 3 aromatic rings. The molecule has 0 saturated heterocycles. The Labute approximate surface area is 180 Å². The Kier molecular flexibility index (Phi) is 7.95. The first-order valence-electron chi connectivity index (χ1n) is 9.71. The summed E-state index contributed by atoms with van der Waals surface area (Å²) in [6, 6.07) is 16.0. The Bertz CT molecular complexity index is 960. The maximum Gasteiger partial charge on any atom is 0.327 e. The van der Waals surface area contributed by atoms with Gasteiger partial charge in [-0.05, 0) is 52.4 Å². The highest BCUT2D eigenvalue weighted by atomic mass is 32.2. The third-order valence-electron chi connectivity index (χ3n) is 4.59. The average Bonchev–Trinajstić information content (AvgIpc) is 3.22.